The van der Waals surface area contributed by atoms with Gasteiger partial charge in [-0.15, -0.1) is 0 Å². The first-order valence-electron chi connectivity index (χ1n) is 6.56. The zero-order valence-electron chi connectivity index (χ0n) is 11.3. The molecule has 0 saturated carbocycles. The average Bonchev–Trinajstić information content (AvgIpc) is 2.92. The van der Waals surface area contributed by atoms with Crippen molar-refractivity contribution in [2.45, 2.75) is 30.8 Å². The summed E-state index contributed by atoms with van der Waals surface area (Å²) in [6.45, 7) is 3.22. The van der Waals surface area contributed by atoms with Gasteiger partial charge in [0, 0.05) is 19.2 Å². The standard InChI is InChI=1S/C13H18ClNO4S/c1-2-18-13-8-11(5-6-12(13)14)20(16,17)15-9-10-4-3-7-19-10/h5-6,8,10,15H,2-4,7,9H2,1H3/t10-/m1/s1. The van der Waals surface area contributed by atoms with Crippen LogP contribution in [0.1, 0.15) is 19.8 Å². The smallest absolute Gasteiger partial charge is 0.240 e. The Balaban J connectivity index is 2.09. The van der Waals surface area contributed by atoms with Crippen LogP contribution in [-0.2, 0) is 14.8 Å². The molecule has 0 bridgehead atoms. The quantitative estimate of drug-likeness (QED) is 0.873. The van der Waals surface area contributed by atoms with Crippen molar-refractivity contribution in [2.24, 2.45) is 0 Å². The topological polar surface area (TPSA) is 64.6 Å². The summed E-state index contributed by atoms with van der Waals surface area (Å²) in [5, 5.41) is 0.393. The zero-order valence-corrected chi connectivity index (χ0v) is 12.8. The van der Waals surface area contributed by atoms with Crippen LogP contribution in [-0.4, -0.2) is 34.3 Å². The molecule has 112 valence electrons. The van der Waals surface area contributed by atoms with Crippen LogP contribution >= 0.6 is 11.6 Å². The molecule has 1 aliphatic rings. The predicted molar refractivity (Wildman–Crippen MR) is 76.8 cm³/mol. The maximum absolute atomic E-state index is 12.2. The first-order valence-corrected chi connectivity index (χ1v) is 8.42. The molecule has 1 atom stereocenters. The fourth-order valence-corrected chi connectivity index (χ4v) is 3.26. The van der Waals surface area contributed by atoms with Crippen molar-refractivity contribution in [3.05, 3.63) is 23.2 Å². The van der Waals surface area contributed by atoms with E-state index in [0.717, 1.165) is 12.8 Å². The van der Waals surface area contributed by atoms with Crippen LogP contribution in [0.2, 0.25) is 5.02 Å². The number of sulfonamides is 1. The summed E-state index contributed by atoms with van der Waals surface area (Å²) in [5.41, 5.74) is 0. The molecule has 1 N–H and O–H groups in total. The van der Waals surface area contributed by atoms with Crippen molar-refractivity contribution in [3.8, 4) is 5.75 Å². The molecule has 0 spiro atoms. The highest BCUT2D eigenvalue weighted by atomic mass is 35.5. The Bertz CT molecular complexity index is 555. The number of nitrogens with one attached hydrogen (secondary N) is 1. The van der Waals surface area contributed by atoms with Gasteiger partial charge in [-0.25, -0.2) is 13.1 Å². The fraction of sp³-hybridized carbons (Fsp3) is 0.538. The van der Waals surface area contributed by atoms with Gasteiger partial charge in [-0.3, -0.25) is 0 Å². The van der Waals surface area contributed by atoms with E-state index in [0.29, 0.717) is 24.0 Å². The Labute approximate surface area is 124 Å². The van der Waals surface area contributed by atoms with Gasteiger partial charge in [0.15, 0.2) is 0 Å². The molecule has 1 fully saturated rings. The lowest BCUT2D eigenvalue weighted by molar-refractivity contribution is 0.114. The lowest BCUT2D eigenvalue weighted by atomic mass is 10.2. The van der Waals surface area contributed by atoms with Crippen molar-refractivity contribution in [1.82, 2.24) is 4.72 Å². The largest absolute Gasteiger partial charge is 0.492 e. The highest BCUT2D eigenvalue weighted by Gasteiger charge is 2.21. The van der Waals surface area contributed by atoms with E-state index in [-0.39, 0.29) is 17.5 Å². The summed E-state index contributed by atoms with van der Waals surface area (Å²) in [6, 6.07) is 4.42. The van der Waals surface area contributed by atoms with Crippen LogP contribution in [0.4, 0.5) is 0 Å². The van der Waals surface area contributed by atoms with Gasteiger partial charge in [-0.1, -0.05) is 11.6 Å². The van der Waals surface area contributed by atoms with Crippen molar-refractivity contribution < 1.29 is 17.9 Å². The molecule has 7 heteroatoms. The molecule has 0 aliphatic carbocycles. The van der Waals surface area contributed by atoms with E-state index >= 15 is 0 Å². The van der Waals surface area contributed by atoms with E-state index in [4.69, 9.17) is 21.1 Å². The molecule has 1 heterocycles. The highest BCUT2D eigenvalue weighted by Crippen LogP contribution is 2.27. The van der Waals surface area contributed by atoms with Crippen LogP contribution in [0.25, 0.3) is 0 Å². The Morgan fingerprint density at radius 2 is 2.30 bits per heavy atom. The van der Waals surface area contributed by atoms with E-state index in [1.165, 1.54) is 18.2 Å². The summed E-state index contributed by atoms with van der Waals surface area (Å²) < 4.78 is 37.6. The fourth-order valence-electron chi connectivity index (χ4n) is 2.01. The summed E-state index contributed by atoms with van der Waals surface area (Å²) in [4.78, 5) is 0.142. The molecule has 1 saturated heterocycles. The Hall–Kier alpha value is -0.820. The molecule has 0 aromatic heterocycles. The van der Waals surface area contributed by atoms with Gasteiger partial charge in [-0.2, -0.15) is 0 Å². The summed E-state index contributed by atoms with van der Waals surface area (Å²) >= 11 is 5.95. The first kappa shape index (κ1) is 15.6. The Morgan fingerprint density at radius 3 is 2.95 bits per heavy atom. The molecule has 2 rings (SSSR count). The zero-order chi connectivity index (χ0) is 14.6. The molecule has 20 heavy (non-hydrogen) atoms. The van der Waals surface area contributed by atoms with Crippen LogP contribution < -0.4 is 9.46 Å². The highest BCUT2D eigenvalue weighted by molar-refractivity contribution is 7.89. The van der Waals surface area contributed by atoms with Crippen LogP contribution in [0.3, 0.4) is 0 Å². The van der Waals surface area contributed by atoms with E-state index in [1.54, 1.807) is 0 Å². The number of benzene rings is 1. The number of rotatable bonds is 6. The molecular formula is C13H18ClNO4S. The van der Waals surface area contributed by atoms with Gasteiger partial charge in [0.2, 0.25) is 10.0 Å². The predicted octanol–water partition coefficient (Wildman–Crippen LogP) is 2.20. The molecular weight excluding hydrogens is 302 g/mol. The van der Waals surface area contributed by atoms with Crippen molar-refractivity contribution in [3.63, 3.8) is 0 Å². The van der Waals surface area contributed by atoms with Crippen molar-refractivity contribution in [2.75, 3.05) is 19.8 Å². The van der Waals surface area contributed by atoms with Crippen LogP contribution in [0.5, 0.6) is 5.75 Å². The normalized spacial score (nSPS) is 19.2. The second kappa shape index (κ2) is 6.76. The third kappa shape index (κ3) is 3.85. The van der Waals surface area contributed by atoms with E-state index < -0.39 is 10.0 Å². The maximum Gasteiger partial charge on any atom is 0.240 e. The number of halogens is 1. The third-order valence-electron chi connectivity index (χ3n) is 3.04. The Kier molecular flexibility index (Phi) is 5.26. The monoisotopic (exact) mass is 319 g/mol. The maximum atomic E-state index is 12.2. The van der Waals surface area contributed by atoms with Crippen molar-refractivity contribution in [1.29, 1.82) is 0 Å². The van der Waals surface area contributed by atoms with Gasteiger partial charge >= 0.3 is 0 Å². The molecule has 0 unspecified atom stereocenters. The van der Waals surface area contributed by atoms with Gasteiger partial charge < -0.3 is 9.47 Å². The first-order chi connectivity index (χ1) is 9.53. The van der Waals surface area contributed by atoms with E-state index in [9.17, 15) is 8.42 Å². The lowest BCUT2D eigenvalue weighted by Gasteiger charge is -2.12. The van der Waals surface area contributed by atoms with Crippen LogP contribution in [0.15, 0.2) is 23.1 Å². The van der Waals surface area contributed by atoms with Gasteiger partial charge in [0.25, 0.3) is 0 Å². The van der Waals surface area contributed by atoms with Gasteiger partial charge in [-0.05, 0) is 31.9 Å². The molecule has 1 aliphatic heterocycles. The minimum absolute atomic E-state index is 0.0385. The minimum Gasteiger partial charge on any atom is -0.492 e. The van der Waals surface area contributed by atoms with E-state index in [2.05, 4.69) is 4.72 Å². The number of hydrogen-bond donors (Lipinski definition) is 1. The van der Waals surface area contributed by atoms with Gasteiger partial charge in [0.1, 0.15) is 5.75 Å². The minimum atomic E-state index is -3.57. The molecule has 0 amide bonds. The molecule has 0 radical (unpaired) electrons. The van der Waals surface area contributed by atoms with E-state index in [1.807, 2.05) is 6.92 Å². The lowest BCUT2D eigenvalue weighted by Crippen LogP contribution is -2.31. The SMILES string of the molecule is CCOc1cc(S(=O)(=O)NC[C@H]2CCCO2)ccc1Cl. The number of hydrogen-bond acceptors (Lipinski definition) is 4. The second-order valence-corrected chi connectivity index (χ2v) is 6.69. The summed E-state index contributed by atoms with van der Waals surface area (Å²) in [5.74, 6) is 0.370. The molecule has 1 aromatic carbocycles. The van der Waals surface area contributed by atoms with Crippen LogP contribution in [0, 0.1) is 0 Å². The third-order valence-corrected chi connectivity index (χ3v) is 4.77. The Morgan fingerprint density at radius 1 is 1.50 bits per heavy atom. The summed E-state index contributed by atoms with van der Waals surface area (Å²) in [6.07, 6.45) is 1.82. The van der Waals surface area contributed by atoms with Crippen molar-refractivity contribution >= 4 is 21.6 Å². The van der Waals surface area contributed by atoms with Gasteiger partial charge in [0.05, 0.1) is 22.6 Å². The number of ether oxygens (including phenoxy) is 2. The molecule has 1 aromatic rings. The molecule has 5 nitrogen and oxygen atoms in total. The summed E-state index contributed by atoms with van der Waals surface area (Å²) in [7, 11) is -3.57. The average molecular weight is 320 g/mol. The second-order valence-electron chi connectivity index (χ2n) is 4.51.